The number of furan rings is 1. The van der Waals surface area contributed by atoms with Crippen molar-refractivity contribution >= 4 is 16.8 Å². The molecule has 0 atom stereocenters. The molecule has 2 aromatic carbocycles. The monoisotopic (exact) mass is 426 g/mol. The molecule has 3 rings (SSSR count). The Hall–Kier alpha value is -2.99. The van der Waals surface area contributed by atoms with Gasteiger partial charge in [0.05, 0.1) is 44.0 Å². The molecule has 0 saturated heterocycles. The van der Waals surface area contributed by atoms with Crippen LogP contribution in [0.5, 0.6) is 17.2 Å². The molecule has 0 radical (unpaired) electrons. The van der Waals surface area contributed by atoms with E-state index in [-0.39, 0.29) is 11.5 Å². The molecule has 31 heavy (non-hydrogen) atoms. The molecule has 3 aromatic rings. The molecule has 0 fully saturated rings. The maximum absolute atomic E-state index is 13.7. The summed E-state index contributed by atoms with van der Waals surface area (Å²) in [6, 6.07) is 8.52. The van der Waals surface area contributed by atoms with Crippen molar-refractivity contribution in [2.24, 2.45) is 0 Å². The third-order valence-corrected chi connectivity index (χ3v) is 5.63. The first-order valence-corrected chi connectivity index (χ1v) is 10.8. The van der Waals surface area contributed by atoms with E-state index in [1.54, 1.807) is 44.4 Å². The smallest absolute Gasteiger partial charge is 0.201 e. The molecule has 6 nitrogen and oxygen atoms in total. The predicted molar refractivity (Wildman–Crippen MR) is 121 cm³/mol. The average molecular weight is 427 g/mol. The first-order valence-electron chi connectivity index (χ1n) is 10.8. The third-order valence-electron chi connectivity index (χ3n) is 5.63. The number of ether oxygens (including phenoxy) is 2. The van der Waals surface area contributed by atoms with E-state index in [9.17, 15) is 9.90 Å². The van der Waals surface area contributed by atoms with Gasteiger partial charge in [0.25, 0.3) is 0 Å². The van der Waals surface area contributed by atoms with E-state index in [1.807, 2.05) is 0 Å². The van der Waals surface area contributed by atoms with Crippen molar-refractivity contribution in [2.75, 3.05) is 27.3 Å². The van der Waals surface area contributed by atoms with Gasteiger partial charge in [0, 0.05) is 5.39 Å². The molecule has 0 aliphatic heterocycles. The van der Waals surface area contributed by atoms with Crippen molar-refractivity contribution in [3.05, 3.63) is 52.8 Å². The zero-order valence-electron chi connectivity index (χ0n) is 19.0. The summed E-state index contributed by atoms with van der Waals surface area (Å²) in [7, 11) is 3.09. The lowest BCUT2D eigenvalue weighted by molar-refractivity contribution is -0.913. The van der Waals surface area contributed by atoms with Crippen LogP contribution in [0.1, 0.15) is 53.9 Å². The van der Waals surface area contributed by atoms with Crippen LogP contribution in [-0.4, -0.2) is 38.2 Å². The second kappa shape index (κ2) is 9.88. The summed E-state index contributed by atoms with van der Waals surface area (Å²) in [4.78, 5) is 15.1. The number of benzene rings is 2. The molecule has 0 unspecified atom stereocenters. The molecule has 0 spiro atoms. The minimum atomic E-state index is -0.216. The molecular formula is C25H32NO5+. The van der Waals surface area contributed by atoms with E-state index in [0.29, 0.717) is 45.9 Å². The number of hydrogen-bond acceptors (Lipinski definition) is 5. The predicted octanol–water partition coefficient (Wildman–Crippen LogP) is 3.90. The van der Waals surface area contributed by atoms with E-state index in [4.69, 9.17) is 13.9 Å². The second-order valence-electron chi connectivity index (χ2n) is 7.79. The summed E-state index contributed by atoms with van der Waals surface area (Å²) in [5.41, 5.74) is 2.20. The molecule has 0 saturated carbocycles. The van der Waals surface area contributed by atoms with Crippen molar-refractivity contribution < 1.29 is 28.7 Å². The van der Waals surface area contributed by atoms with Crippen LogP contribution in [0.4, 0.5) is 0 Å². The third kappa shape index (κ3) is 4.54. The zero-order valence-corrected chi connectivity index (χ0v) is 19.0. The van der Waals surface area contributed by atoms with Gasteiger partial charge in [0.15, 0.2) is 0 Å². The van der Waals surface area contributed by atoms with Crippen molar-refractivity contribution in [2.45, 2.75) is 40.2 Å². The average Bonchev–Trinajstić information content (AvgIpc) is 3.11. The number of methoxy groups -OCH3 is 2. The quantitative estimate of drug-likeness (QED) is 0.481. The Morgan fingerprint density at radius 1 is 1.06 bits per heavy atom. The Morgan fingerprint density at radius 2 is 1.77 bits per heavy atom. The number of nitrogens with one attached hydrogen (secondary N) is 1. The van der Waals surface area contributed by atoms with Crippen molar-refractivity contribution in [3.8, 4) is 17.2 Å². The first-order chi connectivity index (χ1) is 14.9. The van der Waals surface area contributed by atoms with Crippen LogP contribution < -0.4 is 14.4 Å². The standard InChI is InChI=1S/C25H31NO5/c1-6-12-26(13-7-2)15-19-20(27)9-11-22-24(19)23(16(3)31-22)25(28)18-14-17(29-4)8-10-21(18)30-5/h8-11,14,27H,6-7,12-13,15H2,1-5H3/p+1. The second-order valence-corrected chi connectivity index (χ2v) is 7.79. The van der Waals surface area contributed by atoms with Gasteiger partial charge in [0.2, 0.25) is 5.78 Å². The van der Waals surface area contributed by atoms with Crippen LogP contribution in [-0.2, 0) is 6.54 Å². The largest absolute Gasteiger partial charge is 0.507 e. The summed E-state index contributed by atoms with van der Waals surface area (Å²) >= 11 is 0. The highest BCUT2D eigenvalue weighted by Gasteiger charge is 2.27. The zero-order chi connectivity index (χ0) is 22.5. The van der Waals surface area contributed by atoms with Gasteiger partial charge in [-0.05, 0) is 50.1 Å². The van der Waals surface area contributed by atoms with Gasteiger partial charge in [-0.15, -0.1) is 0 Å². The van der Waals surface area contributed by atoms with Crippen LogP contribution in [0, 0.1) is 6.92 Å². The van der Waals surface area contributed by atoms with E-state index in [1.165, 1.54) is 12.0 Å². The van der Waals surface area contributed by atoms with Gasteiger partial charge in [-0.1, -0.05) is 13.8 Å². The number of carbonyl (C=O) groups is 1. The van der Waals surface area contributed by atoms with Crippen LogP contribution in [0.2, 0.25) is 0 Å². The highest BCUT2D eigenvalue weighted by Crippen LogP contribution is 2.36. The molecule has 0 amide bonds. The first kappa shape index (κ1) is 22.7. The van der Waals surface area contributed by atoms with Gasteiger partial charge in [-0.25, -0.2) is 0 Å². The number of hydrogen-bond donors (Lipinski definition) is 2. The number of fused-ring (bicyclic) bond motifs is 1. The minimum absolute atomic E-state index is 0.185. The number of aryl methyl sites for hydroxylation is 1. The maximum Gasteiger partial charge on any atom is 0.201 e. The molecule has 0 aliphatic carbocycles. The fourth-order valence-corrected chi connectivity index (χ4v) is 4.20. The maximum atomic E-state index is 13.7. The summed E-state index contributed by atoms with van der Waals surface area (Å²) in [6.07, 6.45) is 2.09. The Balaban J connectivity index is 2.19. The lowest BCUT2D eigenvalue weighted by Gasteiger charge is -2.19. The van der Waals surface area contributed by atoms with Gasteiger partial charge >= 0.3 is 0 Å². The lowest BCUT2D eigenvalue weighted by atomic mass is 9.96. The lowest BCUT2D eigenvalue weighted by Crippen LogP contribution is -3.10. The molecule has 166 valence electrons. The number of quaternary nitrogens is 1. The number of aromatic hydroxyl groups is 1. The van der Waals surface area contributed by atoms with E-state index in [0.717, 1.165) is 31.5 Å². The minimum Gasteiger partial charge on any atom is -0.507 e. The van der Waals surface area contributed by atoms with Gasteiger partial charge in [-0.2, -0.15) is 0 Å². The highest BCUT2D eigenvalue weighted by molar-refractivity contribution is 6.19. The summed E-state index contributed by atoms with van der Waals surface area (Å²) in [5.74, 6) is 1.52. The number of phenols is 1. The van der Waals surface area contributed by atoms with E-state index in [2.05, 4.69) is 13.8 Å². The molecule has 0 bridgehead atoms. The fourth-order valence-electron chi connectivity index (χ4n) is 4.20. The summed E-state index contributed by atoms with van der Waals surface area (Å²) < 4.78 is 16.7. The van der Waals surface area contributed by atoms with Gasteiger partial charge in [-0.3, -0.25) is 4.79 Å². The number of rotatable bonds is 10. The Morgan fingerprint density at radius 3 is 2.39 bits per heavy atom. The van der Waals surface area contributed by atoms with Crippen molar-refractivity contribution in [1.82, 2.24) is 0 Å². The van der Waals surface area contributed by atoms with Crippen LogP contribution in [0.3, 0.4) is 0 Å². The SMILES string of the molecule is CCC[NH+](CCC)Cc1c(O)ccc2oc(C)c(C(=O)c3cc(OC)ccc3OC)c12. The molecule has 0 aliphatic rings. The Bertz CT molecular complexity index is 1060. The number of ketones is 1. The topological polar surface area (TPSA) is 73.3 Å². The van der Waals surface area contributed by atoms with Crippen LogP contribution in [0.25, 0.3) is 11.0 Å². The van der Waals surface area contributed by atoms with Crippen molar-refractivity contribution in [3.63, 3.8) is 0 Å². The van der Waals surface area contributed by atoms with E-state index >= 15 is 0 Å². The summed E-state index contributed by atoms with van der Waals surface area (Å²) in [6.45, 7) is 8.70. The Kier molecular flexibility index (Phi) is 7.23. The summed E-state index contributed by atoms with van der Waals surface area (Å²) in [5, 5.41) is 11.4. The van der Waals surface area contributed by atoms with Crippen LogP contribution >= 0.6 is 0 Å². The Labute approximate surface area is 183 Å². The molecule has 2 N–H and O–H groups in total. The number of carbonyl (C=O) groups excluding carboxylic acids is 1. The van der Waals surface area contributed by atoms with Gasteiger partial charge < -0.3 is 23.9 Å². The molecule has 1 heterocycles. The molecular weight excluding hydrogens is 394 g/mol. The number of phenolic OH excluding ortho intramolecular Hbond substituents is 1. The molecule has 6 heteroatoms. The fraction of sp³-hybridized carbons (Fsp3) is 0.400. The highest BCUT2D eigenvalue weighted by atomic mass is 16.5. The molecule has 1 aromatic heterocycles. The van der Waals surface area contributed by atoms with Gasteiger partial charge in [0.1, 0.15) is 35.1 Å². The van der Waals surface area contributed by atoms with E-state index < -0.39 is 0 Å². The van der Waals surface area contributed by atoms with Crippen molar-refractivity contribution in [1.29, 1.82) is 0 Å². The normalized spacial score (nSPS) is 11.3. The van der Waals surface area contributed by atoms with Crippen LogP contribution in [0.15, 0.2) is 34.7 Å².